The second-order valence-corrected chi connectivity index (χ2v) is 9.08. The summed E-state index contributed by atoms with van der Waals surface area (Å²) in [5, 5.41) is 0. The van der Waals surface area contributed by atoms with E-state index in [0.29, 0.717) is 24.9 Å². The maximum Gasteiger partial charge on any atom is 0.402 e. The van der Waals surface area contributed by atoms with Gasteiger partial charge in [-0.25, -0.2) is 13.1 Å². The fraction of sp³-hybridized carbons (Fsp3) is 0.611. The number of amides is 1. The third-order valence-corrected chi connectivity index (χ3v) is 6.83. The highest BCUT2D eigenvalue weighted by atomic mass is 32.2. The van der Waals surface area contributed by atoms with Crippen LogP contribution in [0.4, 0.5) is 13.2 Å². The second kappa shape index (κ2) is 7.79. The van der Waals surface area contributed by atoms with Crippen LogP contribution in [0.25, 0.3) is 0 Å². The zero-order valence-corrected chi connectivity index (χ0v) is 15.7. The molecule has 5 nitrogen and oxygen atoms in total. The van der Waals surface area contributed by atoms with E-state index in [4.69, 9.17) is 0 Å². The van der Waals surface area contributed by atoms with Crippen LogP contribution in [0.3, 0.4) is 0 Å². The van der Waals surface area contributed by atoms with E-state index in [1.807, 2.05) is 0 Å². The van der Waals surface area contributed by atoms with Crippen molar-refractivity contribution in [2.75, 3.05) is 19.6 Å². The second-order valence-electron chi connectivity index (χ2n) is 7.31. The highest BCUT2D eigenvalue weighted by Crippen LogP contribution is 2.36. The fourth-order valence-corrected chi connectivity index (χ4v) is 5.08. The minimum Gasteiger partial charge on any atom is -0.338 e. The molecule has 27 heavy (non-hydrogen) atoms. The number of fused-ring (bicyclic) bond motifs is 1. The molecule has 1 saturated heterocycles. The summed E-state index contributed by atoms with van der Waals surface area (Å²) in [7, 11) is -4.34. The molecule has 0 bridgehead atoms. The first-order valence-corrected chi connectivity index (χ1v) is 10.6. The van der Waals surface area contributed by atoms with Gasteiger partial charge in [-0.05, 0) is 42.9 Å². The van der Waals surface area contributed by atoms with Crippen LogP contribution in [0.2, 0.25) is 0 Å². The van der Waals surface area contributed by atoms with Crippen LogP contribution in [-0.4, -0.2) is 45.0 Å². The molecule has 1 heterocycles. The summed E-state index contributed by atoms with van der Waals surface area (Å²) in [4.78, 5) is 14.2. The van der Waals surface area contributed by atoms with Crippen LogP contribution < -0.4 is 4.72 Å². The Morgan fingerprint density at radius 2 is 1.85 bits per heavy atom. The summed E-state index contributed by atoms with van der Waals surface area (Å²) in [6, 6.07) is 5.21. The van der Waals surface area contributed by atoms with Crippen molar-refractivity contribution >= 4 is 15.9 Å². The first-order valence-electron chi connectivity index (χ1n) is 9.11. The van der Waals surface area contributed by atoms with Crippen LogP contribution in [0.15, 0.2) is 29.2 Å². The number of carbonyl (C=O) groups excluding carboxylic acids is 1. The third-order valence-electron chi connectivity index (χ3n) is 5.43. The molecule has 3 rings (SSSR count). The van der Waals surface area contributed by atoms with Crippen LogP contribution in [0.1, 0.15) is 42.5 Å². The Kier molecular flexibility index (Phi) is 5.81. The Hall–Kier alpha value is -1.61. The first kappa shape index (κ1) is 20.1. The molecule has 1 aromatic rings. The summed E-state index contributed by atoms with van der Waals surface area (Å²) in [5.74, 6) is 0.866. The number of carbonyl (C=O) groups is 1. The van der Waals surface area contributed by atoms with Gasteiger partial charge in [-0.2, -0.15) is 13.2 Å². The highest BCUT2D eigenvalue weighted by molar-refractivity contribution is 7.89. The number of alkyl halides is 3. The van der Waals surface area contributed by atoms with Gasteiger partial charge < -0.3 is 4.90 Å². The van der Waals surface area contributed by atoms with E-state index < -0.39 is 22.7 Å². The number of halogens is 3. The number of hydrogen-bond acceptors (Lipinski definition) is 3. The lowest BCUT2D eigenvalue weighted by atomic mass is 9.75. The number of piperidine rings is 1. The van der Waals surface area contributed by atoms with Gasteiger partial charge in [0.15, 0.2) is 0 Å². The van der Waals surface area contributed by atoms with Gasteiger partial charge in [0.2, 0.25) is 10.0 Å². The van der Waals surface area contributed by atoms with Crippen molar-refractivity contribution in [3.8, 4) is 0 Å². The molecule has 0 spiro atoms. The quantitative estimate of drug-likeness (QED) is 0.838. The predicted molar refractivity (Wildman–Crippen MR) is 93.7 cm³/mol. The Bertz CT molecular complexity index is 795. The minimum absolute atomic E-state index is 0.180. The molecular weight excluding hydrogens is 381 g/mol. The van der Waals surface area contributed by atoms with E-state index in [1.165, 1.54) is 42.2 Å². The average Bonchev–Trinajstić information content (AvgIpc) is 2.65. The number of hydrogen-bond donors (Lipinski definition) is 1. The smallest absolute Gasteiger partial charge is 0.338 e. The predicted octanol–water partition coefficient (Wildman–Crippen LogP) is 3.18. The Morgan fingerprint density at radius 1 is 1.15 bits per heavy atom. The zero-order valence-electron chi connectivity index (χ0n) is 14.8. The maximum absolute atomic E-state index is 12.8. The molecule has 1 amide bonds. The minimum atomic E-state index is -4.65. The normalized spacial score (nSPS) is 23.7. The van der Waals surface area contributed by atoms with Crippen LogP contribution >= 0.6 is 0 Å². The molecule has 0 unspecified atom stereocenters. The maximum atomic E-state index is 12.8. The van der Waals surface area contributed by atoms with Crippen molar-refractivity contribution in [2.45, 2.75) is 43.2 Å². The van der Waals surface area contributed by atoms with E-state index in [-0.39, 0.29) is 16.4 Å². The van der Waals surface area contributed by atoms with Gasteiger partial charge in [-0.3, -0.25) is 4.79 Å². The molecular formula is C18H23F3N2O3S. The van der Waals surface area contributed by atoms with Gasteiger partial charge in [-0.15, -0.1) is 0 Å². The van der Waals surface area contributed by atoms with Crippen LogP contribution in [-0.2, 0) is 10.0 Å². The molecule has 0 aromatic heterocycles. The van der Waals surface area contributed by atoms with E-state index >= 15 is 0 Å². The monoisotopic (exact) mass is 404 g/mol. The Morgan fingerprint density at radius 3 is 2.56 bits per heavy atom. The molecule has 1 aliphatic heterocycles. The Balaban J connectivity index is 1.72. The van der Waals surface area contributed by atoms with Crippen LogP contribution in [0, 0.1) is 11.8 Å². The van der Waals surface area contributed by atoms with Gasteiger partial charge >= 0.3 is 6.18 Å². The third kappa shape index (κ3) is 5.01. The zero-order chi connectivity index (χ0) is 19.7. The number of nitrogens with one attached hydrogen (secondary N) is 1. The molecule has 9 heteroatoms. The van der Waals surface area contributed by atoms with Gasteiger partial charge in [0.05, 0.1) is 4.90 Å². The van der Waals surface area contributed by atoms with Crippen molar-refractivity contribution in [3.05, 3.63) is 29.8 Å². The lowest BCUT2D eigenvalue weighted by molar-refractivity contribution is -0.121. The lowest BCUT2D eigenvalue weighted by Gasteiger charge is -2.41. The molecule has 1 aliphatic carbocycles. The summed E-state index contributed by atoms with van der Waals surface area (Å²) in [6.07, 6.45) is 1.00. The largest absolute Gasteiger partial charge is 0.402 e. The number of rotatable bonds is 4. The van der Waals surface area contributed by atoms with E-state index in [9.17, 15) is 26.4 Å². The summed E-state index contributed by atoms with van der Waals surface area (Å²) < 4.78 is 62.6. The van der Waals surface area contributed by atoms with Crippen molar-refractivity contribution in [1.82, 2.24) is 9.62 Å². The molecule has 2 fully saturated rings. The van der Waals surface area contributed by atoms with Crippen molar-refractivity contribution in [1.29, 1.82) is 0 Å². The SMILES string of the molecule is O=C(c1cccc(S(=O)(=O)NCC(F)(F)F)c1)N1CC[C@@H]2CCCC[C@H]2C1. The number of nitrogens with zero attached hydrogens (tertiary/aromatic N) is 1. The summed E-state index contributed by atoms with van der Waals surface area (Å²) >= 11 is 0. The van der Waals surface area contributed by atoms with Crippen molar-refractivity contribution < 1.29 is 26.4 Å². The molecule has 2 atom stereocenters. The topological polar surface area (TPSA) is 66.5 Å². The number of sulfonamides is 1. The van der Waals surface area contributed by atoms with Crippen LogP contribution in [0.5, 0.6) is 0 Å². The fourth-order valence-electron chi connectivity index (χ4n) is 4.02. The Labute approximate surface area is 157 Å². The van der Waals surface area contributed by atoms with Crippen molar-refractivity contribution in [3.63, 3.8) is 0 Å². The van der Waals surface area contributed by atoms with Gasteiger partial charge in [0, 0.05) is 18.7 Å². The molecule has 1 saturated carbocycles. The van der Waals surface area contributed by atoms with Gasteiger partial charge in [0.1, 0.15) is 6.54 Å². The molecule has 150 valence electrons. The highest BCUT2D eigenvalue weighted by Gasteiger charge is 2.34. The van der Waals surface area contributed by atoms with E-state index in [1.54, 1.807) is 4.90 Å². The summed E-state index contributed by atoms with van der Waals surface area (Å²) in [5.41, 5.74) is 0.180. The van der Waals surface area contributed by atoms with E-state index in [0.717, 1.165) is 18.9 Å². The molecule has 1 N–H and O–H groups in total. The number of benzene rings is 1. The van der Waals surface area contributed by atoms with Gasteiger partial charge in [0.25, 0.3) is 5.91 Å². The first-order chi connectivity index (χ1) is 12.7. The standard InChI is InChI=1S/C18H23F3N2O3S/c19-18(20,21)12-22-27(25,26)16-7-3-6-14(10-16)17(24)23-9-8-13-4-1-2-5-15(13)11-23/h3,6-7,10,13,15,22H,1-2,4-5,8-9,11-12H2/t13-,15-/m0/s1. The summed E-state index contributed by atoms with van der Waals surface area (Å²) in [6.45, 7) is -0.362. The lowest BCUT2D eigenvalue weighted by Crippen LogP contribution is -2.44. The molecule has 1 aromatic carbocycles. The average molecular weight is 404 g/mol. The molecule has 0 radical (unpaired) electrons. The molecule has 2 aliphatic rings. The number of likely N-dealkylation sites (tertiary alicyclic amines) is 1. The van der Waals surface area contributed by atoms with Gasteiger partial charge in [-0.1, -0.05) is 25.3 Å². The van der Waals surface area contributed by atoms with E-state index in [2.05, 4.69) is 0 Å². The van der Waals surface area contributed by atoms with Crippen molar-refractivity contribution in [2.24, 2.45) is 11.8 Å².